The molecular weight excluding hydrogens is 556 g/mol. The monoisotopic (exact) mass is 588 g/mol. The third-order valence-electron chi connectivity index (χ3n) is 8.56. The first-order valence-electron chi connectivity index (χ1n) is 15.7. The van der Waals surface area contributed by atoms with Crippen LogP contribution in [0.1, 0.15) is 11.1 Å². The molecule has 0 N–H and O–H groups in total. The van der Waals surface area contributed by atoms with Crippen molar-refractivity contribution in [1.82, 2.24) is 4.57 Å². The fourth-order valence-corrected chi connectivity index (χ4v) is 6.35. The van der Waals surface area contributed by atoms with Crippen LogP contribution >= 0.6 is 0 Å². The number of benzene rings is 7. The van der Waals surface area contributed by atoms with Gasteiger partial charge in [0.1, 0.15) is 0 Å². The number of hydrogen-bond donors (Lipinski definition) is 0. The second kappa shape index (κ2) is 12.1. The van der Waals surface area contributed by atoms with Crippen LogP contribution in [0.4, 0.5) is 17.1 Å². The summed E-state index contributed by atoms with van der Waals surface area (Å²) in [6, 6.07) is 64.9. The lowest BCUT2D eigenvalue weighted by molar-refractivity contribution is 1.18. The molecule has 218 valence electrons. The third-order valence-corrected chi connectivity index (χ3v) is 8.56. The van der Waals surface area contributed by atoms with Crippen molar-refractivity contribution in [3.8, 4) is 16.8 Å². The van der Waals surface area contributed by atoms with Crippen molar-refractivity contribution in [2.24, 2.45) is 0 Å². The summed E-state index contributed by atoms with van der Waals surface area (Å²) in [5, 5.41) is 2.46. The number of anilines is 3. The summed E-state index contributed by atoms with van der Waals surface area (Å²) in [4.78, 5) is 2.37. The van der Waals surface area contributed by atoms with Crippen molar-refractivity contribution in [3.05, 3.63) is 193 Å². The lowest BCUT2D eigenvalue weighted by Gasteiger charge is -2.26. The number of hydrogen-bond acceptors (Lipinski definition) is 1. The summed E-state index contributed by atoms with van der Waals surface area (Å²) < 4.78 is 2.36. The lowest BCUT2D eigenvalue weighted by Crippen LogP contribution is -2.10. The molecule has 1 aromatic heterocycles. The van der Waals surface area contributed by atoms with Gasteiger partial charge in [-0.15, -0.1) is 0 Å². The second-order valence-electron chi connectivity index (χ2n) is 11.5. The van der Waals surface area contributed by atoms with Gasteiger partial charge in [0.2, 0.25) is 0 Å². The zero-order valence-electron chi connectivity index (χ0n) is 25.4. The van der Waals surface area contributed by atoms with Crippen molar-refractivity contribution in [2.45, 2.75) is 0 Å². The van der Waals surface area contributed by atoms with Crippen LogP contribution in [-0.4, -0.2) is 4.57 Å². The second-order valence-corrected chi connectivity index (χ2v) is 11.5. The Hall–Kier alpha value is -6.12. The third kappa shape index (κ3) is 5.27. The van der Waals surface area contributed by atoms with Gasteiger partial charge in [0.25, 0.3) is 0 Å². The topological polar surface area (TPSA) is 8.17 Å². The Morgan fingerprint density at radius 3 is 1.70 bits per heavy atom. The maximum atomic E-state index is 2.37. The van der Waals surface area contributed by atoms with Crippen LogP contribution in [0, 0.1) is 0 Å². The molecule has 0 spiro atoms. The quantitative estimate of drug-likeness (QED) is 0.168. The summed E-state index contributed by atoms with van der Waals surface area (Å²) in [5.74, 6) is 0. The van der Waals surface area contributed by atoms with Crippen LogP contribution < -0.4 is 4.90 Å². The van der Waals surface area contributed by atoms with Gasteiger partial charge in [-0.3, -0.25) is 0 Å². The molecule has 0 unspecified atom stereocenters. The highest BCUT2D eigenvalue weighted by Gasteiger charge is 2.17. The van der Waals surface area contributed by atoms with Gasteiger partial charge in [0.05, 0.1) is 11.0 Å². The number of nitrogens with zero attached hydrogens (tertiary/aromatic N) is 2. The van der Waals surface area contributed by atoms with E-state index in [-0.39, 0.29) is 0 Å². The molecule has 0 aliphatic rings. The zero-order valence-corrected chi connectivity index (χ0v) is 25.4. The van der Waals surface area contributed by atoms with E-state index in [4.69, 9.17) is 0 Å². The van der Waals surface area contributed by atoms with Gasteiger partial charge in [-0.2, -0.15) is 0 Å². The molecular formula is C44H32N2. The van der Waals surface area contributed by atoms with Gasteiger partial charge in [0.15, 0.2) is 0 Å². The Bertz CT molecular complexity index is 2280. The first-order chi connectivity index (χ1) is 22.8. The molecule has 0 bridgehead atoms. The Labute approximate surface area is 269 Å². The Morgan fingerprint density at radius 2 is 0.935 bits per heavy atom. The fourth-order valence-electron chi connectivity index (χ4n) is 6.35. The van der Waals surface area contributed by atoms with E-state index in [0.717, 1.165) is 28.3 Å². The molecule has 0 saturated heterocycles. The van der Waals surface area contributed by atoms with Gasteiger partial charge < -0.3 is 9.47 Å². The Balaban J connectivity index is 1.27. The van der Waals surface area contributed by atoms with Gasteiger partial charge in [-0.1, -0.05) is 133 Å². The molecule has 0 aliphatic heterocycles. The maximum Gasteiger partial charge on any atom is 0.0542 e. The van der Waals surface area contributed by atoms with Crippen LogP contribution in [-0.2, 0) is 0 Å². The van der Waals surface area contributed by atoms with Crippen molar-refractivity contribution in [1.29, 1.82) is 0 Å². The van der Waals surface area contributed by atoms with Crippen LogP contribution in [0.15, 0.2) is 182 Å². The highest BCUT2D eigenvalue weighted by Crippen LogP contribution is 2.40. The van der Waals surface area contributed by atoms with Gasteiger partial charge in [0, 0.05) is 33.5 Å². The molecule has 7 aromatic carbocycles. The molecule has 0 fully saturated rings. The van der Waals surface area contributed by atoms with Gasteiger partial charge in [-0.05, 0) is 82.9 Å². The number of fused-ring (bicyclic) bond motifs is 3. The molecule has 2 heteroatoms. The van der Waals surface area contributed by atoms with E-state index in [1.807, 2.05) is 6.07 Å². The van der Waals surface area contributed by atoms with Crippen molar-refractivity contribution in [3.63, 3.8) is 0 Å². The largest absolute Gasteiger partial charge is 0.310 e. The number of aromatic nitrogens is 1. The summed E-state index contributed by atoms with van der Waals surface area (Å²) in [6.07, 6.45) is 4.33. The zero-order chi connectivity index (χ0) is 30.7. The minimum Gasteiger partial charge on any atom is -0.310 e. The maximum absolute atomic E-state index is 2.37. The average Bonchev–Trinajstić information content (AvgIpc) is 3.46. The first-order valence-corrected chi connectivity index (χ1v) is 15.7. The van der Waals surface area contributed by atoms with E-state index in [9.17, 15) is 0 Å². The predicted molar refractivity (Wildman–Crippen MR) is 196 cm³/mol. The SMILES string of the molecule is C(=Cc1ccc(N(c2cccc(-c3ccccc3)c2)c2ccc3c(c2)c2ccccc2n3-c2ccccc2)cc1)c1ccccc1. The van der Waals surface area contributed by atoms with E-state index in [1.165, 1.54) is 38.5 Å². The average molecular weight is 589 g/mol. The Kier molecular flexibility index (Phi) is 7.22. The normalized spacial score (nSPS) is 11.4. The highest BCUT2D eigenvalue weighted by molar-refractivity contribution is 6.10. The van der Waals surface area contributed by atoms with Crippen LogP contribution in [0.2, 0.25) is 0 Å². The molecule has 0 amide bonds. The minimum atomic E-state index is 1.10. The Morgan fingerprint density at radius 1 is 0.370 bits per heavy atom. The van der Waals surface area contributed by atoms with Gasteiger partial charge in [-0.25, -0.2) is 0 Å². The molecule has 0 aliphatic carbocycles. The molecule has 46 heavy (non-hydrogen) atoms. The van der Waals surface area contributed by atoms with Crippen molar-refractivity contribution >= 4 is 51.0 Å². The fraction of sp³-hybridized carbons (Fsp3) is 0. The summed E-state index contributed by atoms with van der Waals surface area (Å²) in [5.41, 5.74) is 11.6. The summed E-state index contributed by atoms with van der Waals surface area (Å²) >= 11 is 0. The molecule has 2 nitrogen and oxygen atoms in total. The first kappa shape index (κ1) is 27.4. The van der Waals surface area contributed by atoms with E-state index < -0.39 is 0 Å². The van der Waals surface area contributed by atoms with E-state index in [0.29, 0.717) is 0 Å². The predicted octanol–water partition coefficient (Wildman–Crippen LogP) is 12.1. The number of para-hydroxylation sites is 2. The van der Waals surface area contributed by atoms with Crippen molar-refractivity contribution in [2.75, 3.05) is 4.90 Å². The summed E-state index contributed by atoms with van der Waals surface area (Å²) in [7, 11) is 0. The van der Waals surface area contributed by atoms with E-state index >= 15 is 0 Å². The van der Waals surface area contributed by atoms with Crippen LogP contribution in [0.5, 0.6) is 0 Å². The smallest absolute Gasteiger partial charge is 0.0542 e. The molecule has 8 aromatic rings. The van der Waals surface area contributed by atoms with E-state index in [1.54, 1.807) is 0 Å². The molecule has 0 atom stereocenters. The van der Waals surface area contributed by atoms with Gasteiger partial charge >= 0.3 is 0 Å². The standard InChI is InChI=1S/C44H32N2/c1-4-13-33(14-5-1)23-24-34-25-27-38(28-26-34)45(39-20-12-17-36(31-39)35-15-6-2-7-16-35)40-29-30-44-42(32-40)41-21-10-11-22-43(41)46(44)37-18-8-3-9-19-37/h1-32H. The van der Waals surface area contributed by atoms with Crippen LogP contribution in [0.3, 0.4) is 0 Å². The molecule has 1 heterocycles. The lowest BCUT2D eigenvalue weighted by atomic mass is 10.0. The van der Waals surface area contributed by atoms with Crippen molar-refractivity contribution < 1.29 is 0 Å². The summed E-state index contributed by atoms with van der Waals surface area (Å²) in [6.45, 7) is 0. The molecule has 8 rings (SSSR count). The minimum absolute atomic E-state index is 1.10. The molecule has 0 saturated carbocycles. The highest BCUT2D eigenvalue weighted by atomic mass is 15.1. The van der Waals surface area contributed by atoms with Crippen LogP contribution in [0.25, 0.3) is 50.8 Å². The molecule has 0 radical (unpaired) electrons. The van der Waals surface area contributed by atoms with E-state index in [2.05, 4.69) is 198 Å². The number of rotatable bonds is 7.